The maximum absolute atomic E-state index is 13.7. The minimum absolute atomic E-state index is 0. The lowest BCUT2D eigenvalue weighted by Gasteiger charge is -2.37. The van der Waals surface area contributed by atoms with Crippen molar-refractivity contribution in [1.29, 1.82) is 0 Å². The number of aryl methyl sites for hydroxylation is 2. The van der Waals surface area contributed by atoms with E-state index in [-0.39, 0.29) is 134 Å². The van der Waals surface area contributed by atoms with Gasteiger partial charge in [-0.15, -0.1) is 0 Å². The molecule has 0 unspecified atom stereocenters. The van der Waals surface area contributed by atoms with Crippen LogP contribution in [-0.4, -0.2) is 385 Å². The highest BCUT2D eigenvalue weighted by Crippen LogP contribution is 2.49. The van der Waals surface area contributed by atoms with Crippen molar-refractivity contribution >= 4 is 117 Å². The first-order chi connectivity index (χ1) is 67.1. The molecule has 10 aliphatic rings. The van der Waals surface area contributed by atoms with Gasteiger partial charge in [-0.1, -0.05) is 75.5 Å². The Morgan fingerprint density at radius 2 is 0.660 bits per heavy atom. The normalized spacial score (nSPS) is 21.8. The number of anilines is 2. The number of carbonyl (C=O) groups is 8. The Morgan fingerprint density at radius 3 is 0.924 bits per heavy atom. The van der Waals surface area contributed by atoms with E-state index in [1.165, 1.54) is 44.6 Å². The number of hydrogen-bond donors (Lipinski definition) is 8. The van der Waals surface area contributed by atoms with Crippen LogP contribution in [0.3, 0.4) is 0 Å². The summed E-state index contributed by atoms with van der Waals surface area (Å²) >= 11 is 3.40. The highest BCUT2D eigenvalue weighted by atomic mass is 127. The number of amidine groups is 2. The Labute approximate surface area is 888 Å². The van der Waals surface area contributed by atoms with E-state index in [1.54, 1.807) is 52.9 Å². The zero-order valence-corrected chi connectivity index (χ0v) is 91.5. The van der Waals surface area contributed by atoms with Crippen LogP contribution in [0, 0.1) is 10.8 Å². The van der Waals surface area contributed by atoms with Crippen molar-refractivity contribution < 1.29 is 135 Å². The van der Waals surface area contributed by atoms with Crippen LogP contribution in [0.1, 0.15) is 66.5 Å². The molecule has 144 heavy (non-hydrogen) atoms. The molecule has 4 aromatic rings. The lowest BCUT2D eigenvalue weighted by atomic mass is 9.81. The number of amides is 2. The summed E-state index contributed by atoms with van der Waals surface area (Å²) in [5.41, 5.74) is 13.7. The summed E-state index contributed by atoms with van der Waals surface area (Å²) in [6.45, 7) is 24.6. The van der Waals surface area contributed by atoms with Crippen LogP contribution < -0.4 is 67.7 Å². The third kappa shape index (κ3) is 29.9. The first-order valence-electron chi connectivity index (χ1n) is 48.3. The van der Waals surface area contributed by atoms with E-state index in [9.17, 15) is 69.0 Å². The molecule has 2 amide bonds. The van der Waals surface area contributed by atoms with E-state index in [0.717, 1.165) is 101 Å². The lowest BCUT2D eigenvalue weighted by Crippen LogP contribution is -3.00. The lowest BCUT2D eigenvalue weighted by molar-refractivity contribution is -0.881. The average molecular weight is 2240 g/mol. The standard InChI is InChI=1S/2C53H68N10O7S.2HI/c2*1-52(2)41-11-9-21-57(5)50(41)55-43(52)19-13-37-35-63(7,8)36-38(14-20-44-53(3,4)42-12-10-22-58(6)51(42)56-44)49(37)71-40-17-15-39(16-18-40)54-45(64)31-59-23-25-60(32-46(65)66)27-29-62(34-48(69)70)30-28-61(26-24-59)33-47(67)68;;/h2*9-22H,23-36H2,1-8H3,(H2-2,54,64,65,66,67,68,69,70);2*1H/p+2. The Kier molecular flexibility index (Phi) is 38.9. The number of nitrogens with zero attached hydrogens (tertiary/aromatic N) is 18. The SMILES string of the molecule is CN1C=CC=C2C1=NC(=CC=C1C[N+](C)(C)CC(C=CC3=Nc4c(ccc[n+]4C)C3(C)C)=C1Sc1ccc(NC(=O)CN3CCN(CC(=O)O)CCN(CC(=O)O)CCN(CC(=O)O)CC3)cc1)C2(C)C.CN1C=CC=C2C1=NC(=CC=C1C[N+](C)(C)CC(C=CC3=Nc4c(ccc[n+]4C)C3(C)C)=C1Sc1ccc(NC(=O)CN3CCN(CC(=O)O)CCN(CC(=O)O)CCN(CC(=O)O)CC3)cc1)C2(C)C.[I-].[I-]. The molecule has 0 atom stereocenters. The molecule has 38 heteroatoms. The number of fused-ring (bicyclic) bond motifs is 4. The van der Waals surface area contributed by atoms with Gasteiger partial charge in [-0.3, -0.25) is 77.6 Å². The number of thioether (sulfide) groups is 2. The molecule has 0 saturated carbocycles. The number of hydrogen-bond acceptors (Lipinski definition) is 24. The number of quaternary nitrogens is 2. The number of rotatable bonds is 28. The molecule has 12 heterocycles. The number of aliphatic carboxylic acids is 6. The van der Waals surface area contributed by atoms with Crippen LogP contribution in [0.25, 0.3) is 0 Å². The van der Waals surface area contributed by atoms with Gasteiger partial charge in [0, 0.05) is 206 Å². The van der Waals surface area contributed by atoms with Crippen molar-refractivity contribution in [1.82, 2.24) is 49.0 Å². The van der Waals surface area contributed by atoms with Gasteiger partial charge in [0.1, 0.15) is 37.9 Å². The third-order valence-corrected chi connectivity index (χ3v) is 30.0. The van der Waals surface area contributed by atoms with Gasteiger partial charge in [-0.05, 0) is 159 Å². The van der Waals surface area contributed by atoms with Crippen LogP contribution >= 0.6 is 23.5 Å². The second kappa shape index (κ2) is 49.3. The number of carbonyl (C=O) groups excluding carboxylic acids is 2. The van der Waals surface area contributed by atoms with Crippen LogP contribution in [0.15, 0.2) is 255 Å². The fourth-order valence-electron chi connectivity index (χ4n) is 19.4. The number of nitrogens with one attached hydrogen (secondary N) is 2. The second-order valence-electron chi connectivity index (χ2n) is 41.4. The average Bonchev–Trinajstić information content (AvgIpc) is 1.64. The maximum atomic E-state index is 13.7. The van der Waals surface area contributed by atoms with E-state index in [2.05, 4.69) is 210 Å². The Hall–Kier alpha value is -10.6. The predicted octanol–water partition coefficient (Wildman–Crippen LogP) is 3.24. The van der Waals surface area contributed by atoms with Crippen molar-refractivity contribution in [3.05, 3.63) is 236 Å². The van der Waals surface area contributed by atoms with Crippen LogP contribution in [0.5, 0.6) is 0 Å². The fourth-order valence-corrected chi connectivity index (χ4v) is 21.5. The van der Waals surface area contributed by atoms with Crippen LogP contribution in [0.2, 0.25) is 0 Å². The van der Waals surface area contributed by atoms with E-state index in [4.69, 9.17) is 20.0 Å². The molecule has 0 aliphatic carbocycles. The Morgan fingerprint density at radius 1 is 0.382 bits per heavy atom. The van der Waals surface area contributed by atoms with Gasteiger partial charge in [0.2, 0.25) is 11.8 Å². The molecule has 2 fully saturated rings. The first kappa shape index (κ1) is 114. The molecular weight excluding hydrogens is 2100 g/mol. The van der Waals surface area contributed by atoms with Gasteiger partial charge < -0.3 is 108 Å². The van der Waals surface area contributed by atoms with Gasteiger partial charge in [-0.2, -0.15) is 0 Å². The first-order valence-corrected chi connectivity index (χ1v) is 49.9. The molecule has 0 radical (unpaired) electrons. The number of benzene rings is 2. The number of allylic oxidation sites excluding steroid dienone is 12. The smallest absolute Gasteiger partial charge is 0.327 e. The molecule has 8 N–H and O–H groups in total. The predicted molar refractivity (Wildman–Crippen MR) is 555 cm³/mol. The second-order valence-corrected chi connectivity index (χ2v) is 43.6. The molecule has 2 saturated heterocycles. The Bertz CT molecular complexity index is 5630. The zero-order chi connectivity index (χ0) is 103. The monoisotopic (exact) mass is 2230 g/mol. The topological polar surface area (TPSA) is 372 Å². The van der Waals surface area contributed by atoms with Crippen LogP contribution in [0.4, 0.5) is 23.0 Å². The number of carboxylic acid groups (broad SMARTS) is 6. The summed E-state index contributed by atoms with van der Waals surface area (Å²) in [4.78, 5) is 141. The third-order valence-electron chi connectivity index (χ3n) is 27.5. The molecule has 772 valence electrons. The summed E-state index contributed by atoms with van der Waals surface area (Å²) in [7, 11) is 17.2. The number of aromatic nitrogens is 2. The maximum Gasteiger partial charge on any atom is 0.327 e. The van der Waals surface area contributed by atoms with Gasteiger partial charge in [-0.25, -0.2) is 19.1 Å². The summed E-state index contributed by atoms with van der Waals surface area (Å²) in [6, 6.07) is 24.1. The number of halogens is 2. The summed E-state index contributed by atoms with van der Waals surface area (Å²) in [5, 5.41) is 63.6. The molecule has 14 rings (SSSR count). The number of likely N-dealkylation sites (N-methyl/N-ethyl adjacent to an activating group) is 4. The van der Waals surface area contributed by atoms with Gasteiger partial charge in [0.15, 0.2) is 11.4 Å². The van der Waals surface area contributed by atoms with E-state index in [0.29, 0.717) is 116 Å². The van der Waals surface area contributed by atoms with Crippen molar-refractivity contribution in [2.24, 2.45) is 44.9 Å². The summed E-state index contributed by atoms with van der Waals surface area (Å²) in [6.07, 6.45) is 34.3. The summed E-state index contributed by atoms with van der Waals surface area (Å²) in [5.74, 6) is -2.71. The number of pyridine rings is 2. The van der Waals surface area contributed by atoms with Crippen molar-refractivity contribution in [3.8, 4) is 0 Å². The zero-order valence-electron chi connectivity index (χ0n) is 85.5. The fraction of sp³-hybridized carbons (Fsp3) is 0.453. The minimum Gasteiger partial charge on any atom is -1.00 e. The van der Waals surface area contributed by atoms with Gasteiger partial charge in [0.25, 0.3) is 0 Å². The van der Waals surface area contributed by atoms with Crippen molar-refractivity contribution in [2.75, 3.05) is 236 Å². The quantitative estimate of drug-likeness (QED) is 0.0230. The molecule has 2 aromatic carbocycles. The van der Waals surface area contributed by atoms with Crippen molar-refractivity contribution in [3.63, 3.8) is 0 Å². The number of carboxylic acids is 6. The van der Waals surface area contributed by atoms with Crippen molar-refractivity contribution in [2.45, 2.75) is 76.0 Å². The molecule has 2 aromatic heterocycles. The van der Waals surface area contributed by atoms with Crippen LogP contribution in [-0.2, 0) is 63.3 Å². The minimum atomic E-state index is -1.02. The Balaban J connectivity index is 0.000000271. The van der Waals surface area contributed by atoms with Gasteiger partial charge in [0.05, 0.1) is 140 Å². The molecule has 0 spiro atoms. The van der Waals surface area contributed by atoms with E-state index < -0.39 is 35.8 Å². The molecule has 10 aliphatic heterocycles. The largest absolute Gasteiger partial charge is 1.00 e. The highest BCUT2D eigenvalue weighted by Gasteiger charge is 2.46. The van der Waals surface area contributed by atoms with E-state index in [1.807, 2.05) is 111 Å². The molecular formula is C106H140I2N20O14S2+2. The van der Waals surface area contributed by atoms with E-state index >= 15 is 0 Å². The highest BCUT2D eigenvalue weighted by molar-refractivity contribution is 8.03. The van der Waals surface area contributed by atoms with Gasteiger partial charge >= 0.3 is 47.5 Å². The molecule has 0 bridgehead atoms. The summed E-state index contributed by atoms with van der Waals surface area (Å²) < 4.78 is 5.65. The molecule has 34 nitrogen and oxygen atoms in total. The number of aliphatic imine (C=N–C) groups is 4.